The molecule has 0 aromatic heterocycles. The van der Waals surface area contributed by atoms with E-state index in [0.717, 1.165) is 11.8 Å². The predicted molar refractivity (Wildman–Crippen MR) is 87.9 cm³/mol. The van der Waals surface area contributed by atoms with E-state index in [1.54, 1.807) is 83.5 Å². The van der Waals surface area contributed by atoms with Gasteiger partial charge >= 0.3 is 0 Å². The van der Waals surface area contributed by atoms with Crippen LogP contribution in [0.1, 0.15) is 83.5 Å². The molecule has 5 rings (SSSR count). The molecule has 21 heavy (non-hydrogen) atoms. The van der Waals surface area contributed by atoms with Crippen LogP contribution < -0.4 is 0 Å². The van der Waals surface area contributed by atoms with Crippen molar-refractivity contribution in [1.82, 2.24) is 0 Å². The lowest BCUT2D eigenvalue weighted by molar-refractivity contribution is -0.0965. The molecule has 0 amide bonds. The van der Waals surface area contributed by atoms with Crippen LogP contribution in [0.2, 0.25) is 0 Å². The van der Waals surface area contributed by atoms with Gasteiger partial charge in [-0.25, -0.2) is 0 Å². The van der Waals surface area contributed by atoms with Crippen LogP contribution in [-0.2, 0) is 0 Å². The molecule has 0 saturated heterocycles. The Labute approximate surface area is 131 Å². The minimum atomic E-state index is 1.16. The van der Waals surface area contributed by atoms with E-state index in [1.165, 1.54) is 35.5 Å². The quantitative estimate of drug-likeness (QED) is 0.508. The van der Waals surface area contributed by atoms with Crippen molar-refractivity contribution in [2.24, 2.45) is 47.3 Å². The van der Waals surface area contributed by atoms with E-state index in [2.05, 4.69) is 0 Å². The molecule has 0 aromatic rings. The van der Waals surface area contributed by atoms with Gasteiger partial charge in [0.1, 0.15) is 0 Å². The van der Waals surface area contributed by atoms with Gasteiger partial charge in [-0.2, -0.15) is 0 Å². The zero-order chi connectivity index (χ0) is 13.8. The SMILES string of the molecule is C1CC2CC3C4CCCCC4C4CCCCC4C3CC2C1. The largest absolute Gasteiger partial charge is 0.0530 e. The van der Waals surface area contributed by atoms with Gasteiger partial charge in [0.05, 0.1) is 0 Å². The lowest BCUT2D eigenvalue weighted by Gasteiger charge is -2.59. The van der Waals surface area contributed by atoms with E-state index < -0.39 is 0 Å². The van der Waals surface area contributed by atoms with Crippen LogP contribution in [0, 0.1) is 47.3 Å². The maximum atomic E-state index is 1.67. The average molecular weight is 287 g/mol. The Bertz CT molecular complexity index is 349. The number of rotatable bonds is 0. The van der Waals surface area contributed by atoms with Crippen LogP contribution in [0.25, 0.3) is 0 Å². The smallest absolute Gasteiger partial charge is 0.0349 e. The molecule has 0 N–H and O–H groups in total. The van der Waals surface area contributed by atoms with Gasteiger partial charge in [-0.3, -0.25) is 0 Å². The van der Waals surface area contributed by atoms with Crippen LogP contribution in [0.3, 0.4) is 0 Å². The highest BCUT2D eigenvalue weighted by Crippen LogP contribution is 2.62. The van der Waals surface area contributed by atoms with Crippen molar-refractivity contribution in [3.63, 3.8) is 0 Å². The number of hydrogen-bond acceptors (Lipinski definition) is 0. The van der Waals surface area contributed by atoms with Crippen molar-refractivity contribution < 1.29 is 0 Å². The second kappa shape index (κ2) is 5.27. The van der Waals surface area contributed by atoms with Gasteiger partial charge in [-0.05, 0) is 85.9 Å². The minimum Gasteiger partial charge on any atom is -0.0530 e. The molecule has 0 heteroatoms. The first-order chi connectivity index (χ1) is 10.4. The van der Waals surface area contributed by atoms with Gasteiger partial charge in [0.2, 0.25) is 0 Å². The summed E-state index contributed by atoms with van der Waals surface area (Å²) < 4.78 is 0. The van der Waals surface area contributed by atoms with E-state index in [-0.39, 0.29) is 0 Å². The summed E-state index contributed by atoms with van der Waals surface area (Å²) in [6, 6.07) is 0. The topological polar surface area (TPSA) is 0 Å². The Balaban J connectivity index is 1.47. The maximum Gasteiger partial charge on any atom is -0.0349 e. The molecule has 5 fully saturated rings. The summed E-state index contributed by atoms with van der Waals surface area (Å²) in [5.74, 6) is 9.35. The minimum absolute atomic E-state index is 1.16. The summed E-state index contributed by atoms with van der Waals surface area (Å²) in [6.07, 6.45) is 20.8. The van der Waals surface area contributed by atoms with Crippen LogP contribution in [-0.4, -0.2) is 0 Å². The first kappa shape index (κ1) is 13.4. The van der Waals surface area contributed by atoms with Crippen molar-refractivity contribution in [2.75, 3.05) is 0 Å². The van der Waals surface area contributed by atoms with Crippen molar-refractivity contribution in [3.05, 3.63) is 0 Å². The molecule has 0 aromatic carbocycles. The zero-order valence-electron chi connectivity index (χ0n) is 13.8. The van der Waals surface area contributed by atoms with Gasteiger partial charge in [0.15, 0.2) is 0 Å². The molecule has 0 spiro atoms. The van der Waals surface area contributed by atoms with E-state index in [0.29, 0.717) is 0 Å². The predicted octanol–water partition coefficient (Wildman–Crippen LogP) is 6.06. The third-order valence-corrected chi connectivity index (χ3v) is 8.92. The third-order valence-electron chi connectivity index (χ3n) is 8.92. The highest BCUT2D eigenvalue weighted by Gasteiger charge is 2.54. The summed E-state index contributed by atoms with van der Waals surface area (Å²) in [4.78, 5) is 0. The number of hydrogen-bond donors (Lipinski definition) is 0. The van der Waals surface area contributed by atoms with Crippen LogP contribution in [0.5, 0.6) is 0 Å². The molecular formula is C21H34. The molecule has 0 bridgehead atoms. The van der Waals surface area contributed by atoms with Gasteiger partial charge in [0, 0.05) is 0 Å². The van der Waals surface area contributed by atoms with Crippen LogP contribution in [0.4, 0.5) is 0 Å². The first-order valence-electron chi connectivity index (χ1n) is 10.4. The van der Waals surface area contributed by atoms with Crippen molar-refractivity contribution >= 4 is 0 Å². The molecule has 5 aliphatic carbocycles. The highest BCUT2D eigenvalue weighted by atomic mass is 14.6. The van der Waals surface area contributed by atoms with Crippen molar-refractivity contribution in [1.29, 1.82) is 0 Å². The fourth-order valence-electron chi connectivity index (χ4n) is 8.27. The summed E-state index contributed by atoms with van der Waals surface area (Å²) in [5, 5.41) is 0. The molecule has 0 aliphatic heterocycles. The lowest BCUT2D eigenvalue weighted by Crippen LogP contribution is -2.51. The molecule has 5 aliphatic rings. The summed E-state index contributed by atoms with van der Waals surface area (Å²) in [6.45, 7) is 0. The van der Waals surface area contributed by atoms with Gasteiger partial charge in [0.25, 0.3) is 0 Å². The second-order valence-corrected chi connectivity index (χ2v) is 9.47. The maximum absolute atomic E-state index is 1.67. The fraction of sp³-hybridized carbons (Fsp3) is 1.00. The zero-order valence-corrected chi connectivity index (χ0v) is 13.8. The summed E-state index contributed by atoms with van der Waals surface area (Å²) >= 11 is 0. The molecule has 5 saturated carbocycles. The van der Waals surface area contributed by atoms with Crippen molar-refractivity contribution in [2.45, 2.75) is 83.5 Å². The van der Waals surface area contributed by atoms with E-state index in [1.807, 2.05) is 0 Å². The molecule has 0 radical (unpaired) electrons. The molecule has 8 unspecified atom stereocenters. The Morgan fingerprint density at radius 2 is 0.714 bits per heavy atom. The number of fused-ring (bicyclic) bond motifs is 7. The molecule has 0 nitrogen and oxygen atoms in total. The van der Waals surface area contributed by atoms with Crippen LogP contribution in [0.15, 0.2) is 0 Å². The van der Waals surface area contributed by atoms with E-state index >= 15 is 0 Å². The highest BCUT2D eigenvalue weighted by molar-refractivity contribution is 5.03. The molecular weight excluding hydrogens is 252 g/mol. The first-order valence-corrected chi connectivity index (χ1v) is 10.4. The Morgan fingerprint density at radius 1 is 0.333 bits per heavy atom. The summed E-state index contributed by atoms with van der Waals surface area (Å²) in [7, 11) is 0. The third kappa shape index (κ3) is 2.07. The van der Waals surface area contributed by atoms with E-state index in [9.17, 15) is 0 Å². The normalized spacial score (nSPS) is 56.0. The Hall–Kier alpha value is 0. The van der Waals surface area contributed by atoms with Gasteiger partial charge in [-0.15, -0.1) is 0 Å². The monoisotopic (exact) mass is 286 g/mol. The van der Waals surface area contributed by atoms with Crippen LogP contribution >= 0.6 is 0 Å². The Kier molecular flexibility index (Phi) is 3.38. The molecule has 118 valence electrons. The van der Waals surface area contributed by atoms with Gasteiger partial charge in [-0.1, -0.05) is 44.9 Å². The van der Waals surface area contributed by atoms with Crippen molar-refractivity contribution in [3.8, 4) is 0 Å². The van der Waals surface area contributed by atoms with Gasteiger partial charge < -0.3 is 0 Å². The second-order valence-electron chi connectivity index (χ2n) is 9.47. The standard InChI is InChI=1S/C21H34/c1-3-10-18-16(8-1)17-9-2-4-11-19(17)21-13-15-7-5-6-14(15)12-20(18)21/h14-21H,1-13H2. The van der Waals surface area contributed by atoms with E-state index in [4.69, 9.17) is 0 Å². The average Bonchev–Trinajstić information content (AvgIpc) is 3.01. The fourth-order valence-corrected chi connectivity index (χ4v) is 8.27. The molecule has 8 atom stereocenters. The Morgan fingerprint density at radius 3 is 1.14 bits per heavy atom. The molecule has 0 heterocycles. The summed E-state index contributed by atoms with van der Waals surface area (Å²) in [5.41, 5.74) is 0. The lowest BCUT2D eigenvalue weighted by atomic mass is 9.46.